The van der Waals surface area contributed by atoms with Crippen molar-refractivity contribution in [3.63, 3.8) is 0 Å². The number of nitrogen functional groups attached to an aromatic ring is 1. The molecule has 2 aromatic rings. The van der Waals surface area contributed by atoms with E-state index in [1.807, 2.05) is 50.5 Å². The van der Waals surface area contributed by atoms with Crippen LogP contribution in [0.5, 0.6) is 0 Å². The molecular weight excluding hydrogens is 256 g/mol. The lowest BCUT2D eigenvalue weighted by atomic mass is 10.1. The first-order valence-electron chi connectivity index (χ1n) is 6.17. The number of aryl methyl sites for hydroxylation is 1. The van der Waals surface area contributed by atoms with Gasteiger partial charge in [0.25, 0.3) is 5.91 Å². The van der Waals surface area contributed by atoms with Crippen LogP contribution in [0.4, 0.5) is 5.69 Å². The van der Waals surface area contributed by atoms with Crippen LogP contribution in [-0.2, 0) is 0 Å². The first-order valence-corrected chi connectivity index (χ1v) is 7.05. The smallest absolute Gasteiger partial charge is 0.256 e. The predicted molar refractivity (Wildman–Crippen MR) is 80.4 cm³/mol. The zero-order valence-electron chi connectivity index (χ0n) is 11.4. The Bertz CT molecular complexity index is 578. The average molecular weight is 274 g/mol. The van der Waals surface area contributed by atoms with E-state index in [9.17, 15) is 4.79 Å². The molecule has 1 unspecified atom stereocenters. The van der Waals surface area contributed by atoms with E-state index >= 15 is 0 Å². The first kappa shape index (κ1) is 13.6. The van der Waals surface area contributed by atoms with Gasteiger partial charge in [0.1, 0.15) is 0 Å². The summed E-state index contributed by atoms with van der Waals surface area (Å²) in [6, 6.07) is 9.62. The SMILES string of the molecule is Cc1ccc(C(=O)N(C)C(C)c2cccs2)c(N)c1. The third-order valence-electron chi connectivity index (χ3n) is 3.29. The van der Waals surface area contributed by atoms with Crippen molar-refractivity contribution in [3.8, 4) is 0 Å². The Hall–Kier alpha value is -1.81. The van der Waals surface area contributed by atoms with Crippen molar-refractivity contribution in [3.05, 3.63) is 51.7 Å². The Morgan fingerprint density at radius 3 is 2.68 bits per heavy atom. The standard InChI is InChI=1S/C15H18N2OS/c1-10-6-7-12(13(16)9-10)15(18)17(3)11(2)14-5-4-8-19-14/h4-9,11H,16H2,1-3H3. The van der Waals surface area contributed by atoms with E-state index in [0.717, 1.165) is 5.56 Å². The van der Waals surface area contributed by atoms with Gasteiger partial charge in [-0.1, -0.05) is 12.1 Å². The lowest BCUT2D eigenvalue weighted by molar-refractivity contribution is 0.0746. The van der Waals surface area contributed by atoms with Gasteiger partial charge >= 0.3 is 0 Å². The molecule has 1 aromatic heterocycles. The summed E-state index contributed by atoms with van der Waals surface area (Å²) >= 11 is 1.65. The van der Waals surface area contributed by atoms with Gasteiger partial charge in [-0.2, -0.15) is 0 Å². The van der Waals surface area contributed by atoms with Gasteiger partial charge in [0.2, 0.25) is 0 Å². The first-order chi connectivity index (χ1) is 9.00. The van der Waals surface area contributed by atoms with E-state index in [0.29, 0.717) is 11.3 Å². The molecule has 0 bridgehead atoms. The lowest BCUT2D eigenvalue weighted by Gasteiger charge is -2.24. The molecule has 2 N–H and O–H groups in total. The van der Waals surface area contributed by atoms with Crippen molar-refractivity contribution in [1.29, 1.82) is 0 Å². The second-order valence-electron chi connectivity index (χ2n) is 4.70. The van der Waals surface area contributed by atoms with E-state index in [4.69, 9.17) is 5.73 Å². The maximum absolute atomic E-state index is 12.5. The van der Waals surface area contributed by atoms with Crippen molar-refractivity contribution in [2.75, 3.05) is 12.8 Å². The van der Waals surface area contributed by atoms with Crippen LogP contribution in [0.3, 0.4) is 0 Å². The molecule has 3 nitrogen and oxygen atoms in total. The summed E-state index contributed by atoms with van der Waals surface area (Å²) in [7, 11) is 1.81. The Morgan fingerprint density at radius 1 is 1.37 bits per heavy atom. The monoisotopic (exact) mass is 274 g/mol. The van der Waals surface area contributed by atoms with Gasteiger partial charge in [-0.25, -0.2) is 0 Å². The summed E-state index contributed by atoms with van der Waals surface area (Å²) in [4.78, 5) is 15.4. The molecule has 0 aliphatic heterocycles. The Balaban J connectivity index is 2.24. The summed E-state index contributed by atoms with van der Waals surface area (Å²) in [5.74, 6) is -0.0431. The number of rotatable bonds is 3. The highest BCUT2D eigenvalue weighted by Crippen LogP contribution is 2.26. The number of benzene rings is 1. The number of amides is 1. The lowest BCUT2D eigenvalue weighted by Crippen LogP contribution is -2.29. The fourth-order valence-electron chi connectivity index (χ4n) is 1.96. The summed E-state index contributed by atoms with van der Waals surface area (Å²) < 4.78 is 0. The zero-order valence-corrected chi connectivity index (χ0v) is 12.2. The van der Waals surface area contributed by atoms with E-state index in [2.05, 4.69) is 0 Å². The molecule has 100 valence electrons. The van der Waals surface area contributed by atoms with Crippen LogP contribution in [0.15, 0.2) is 35.7 Å². The molecular formula is C15H18N2OS. The highest BCUT2D eigenvalue weighted by molar-refractivity contribution is 7.10. The predicted octanol–water partition coefficient (Wildman–Crippen LogP) is 3.47. The highest BCUT2D eigenvalue weighted by atomic mass is 32.1. The largest absolute Gasteiger partial charge is 0.398 e. The van der Waals surface area contributed by atoms with Crippen LogP contribution >= 0.6 is 11.3 Å². The minimum atomic E-state index is -0.0431. The summed E-state index contributed by atoms with van der Waals surface area (Å²) in [6.45, 7) is 3.98. The fourth-order valence-corrected chi connectivity index (χ4v) is 2.79. The quantitative estimate of drug-likeness (QED) is 0.871. The Kier molecular flexibility index (Phi) is 3.90. The van der Waals surface area contributed by atoms with Crippen molar-refractivity contribution in [2.45, 2.75) is 19.9 Å². The minimum absolute atomic E-state index is 0.0431. The zero-order chi connectivity index (χ0) is 14.0. The van der Waals surface area contributed by atoms with Crippen LogP contribution < -0.4 is 5.73 Å². The maximum atomic E-state index is 12.5. The third-order valence-corrected chi connectivity index (χ3v) is 4.34. The molecule has 0 saturated carbocycles. The molecule has 0 spiro atoms. The van der Waals surface area contributed by atoms with Crippen molar-refractivity contribution >= 4 is 22.9 Å². The number of nitrogens with two attached hydrogens (primary N) is 1. The van der Waals surface area contributed by atoms with Gasteiger partial charge in [-0.3, -0.25) is 4.79 Å². The fraction of sp³-hybridized carbons (Fsp3) is 0.267. The third kappa shape index (κ3) is 2.79. The number of nitrogens with zero attached hydrogens (tertiary/aromatic N) is 1. The topological polar surface area (TPSA) is 46.3 Å². The minimum Gasteiger partial charge on any atom is -0.398 e. The van der Waals surface area contributed by atoms with Crippen LogP contribution in [0.1, 0.15) is 33.8 Å². The van der Waals surface area contributed by atoms with Crippen molar-refractivity contribution in [2.24, 2.45) is 0 Å². The second kappa shape index (κ2) is 5.45. The summed E-state index contributed by atoms with van der Waals surface area (Å²) in [5, 5.41) is 2.02. The molecule has 1 amide bonds. The average Bonchev–Trinajstić information content (AvgIpc) is 2.90. The summed E-state index contributed by atoms with van der Waals surface area (Å²) in [5.41, 5.74) is 8.10. The number of carbonyl (C=O) groups excluding carboxylic acids is 1. The van der Waals surface area contributed by atoms with Gasteiger partial charge in [-0.05, 0) is 43.0 Å². The molecule has 0 saturated heterocycles. The molecule has 1 aromatic carbocycles. The van der Waals surface area contributed by atoms with Gasteiger partial charge in [0.15, 0.2) is 0 Å². The molecule has 2 rings (SSSR count). The Labute approximate surface area is 117 Å². The molecule has 0 radical (unpaired) electrons. The van der Waals surface area contributed by atoms with E-state index in [-0.39, 0.29) is 11.9 Å². The van der Waals surface area contributed by atoms with Gasteiger partial charge in [-0.15, -0.1) is 11.3 Å². The molecule has 4 heteroatoms. The number of carbonyl (C=O) groups is 1. The number of thiophene rings is 1. The van der Waals surface area contributed by atoms with E-state index in [1.54, 1.807) is 22.3 Å². The number of hydrogen-bond acceptors (Lipinski definition) is 3. The van der Waals surface area contributed by atoms with Crippen LogP contribution in [-0.4, -0.2) is 17.9 Å². The van der Waals surface area contributed by atoms with E-state index in [1.165, 1.54) is 4.88 Å². The number of hydrogen-bond donors (Lipinski definition) is 1. The Morgan fingerprint density at radius 2 is 2.11 bits per heavy atom. The van der Waals surface area contributed by atoms with Crippen LogP contribution in [0, 0.1) is 6.92 Å². The molecule has 0 aliphatic rings. The van der Waals surface area contributed by atoms with Crippen molar-refractivity contribution in [1.82, 2.24) is 4.90 Å². The number of anilines is 1. The molecule has 19 heavy (non-hydrogen) atoms. The molecule has 1 heterocycles. The molecule has 1 atom stereocenters. The maximum Gasteiger partial charge on any atom is 0.256 e. The highest BCUT2D eigenvalue weighted by Gasteiger charge is 2.21. The van der Waals surface area contributed by atoms with Gasteiger partial charge < -0.3 is 10.6 Å². The van der Waals surface area contributed by atoms with Crippen LogP contribution in [0.25, 0.3) is 0 Å². The second-order valence-corrected chi connectivity index (χ2v) is 5.68. The van der Waals surface area contributed by atoms with Gasteiger partial charge in [0, 0.05) is 17.6 Å². The van der Waals surface area contributed by atoms with Crippen molar-refractivity contribution < 1.29 is 4.79 Å². The van der Waals surface area contributed by atoms with Crippen LogP contribution in [0.2, 0.25) is 0 Å². The summed E-state index contributed by atoms with van der Waals surface area (Å²) in [6.07, 6.45) is 0. The van der Waals surface area contributed by atoms with E-state index < -0.39 is 0 Å². The molecule has 0 aliphatic carbocycles. The normalized spacial score (nSPS) is 12.2. The molecule has 0 fully saturated rings. The van der Waals surface area contributed by atoms with Gasteiger partial charge in [0.05, 0.1) is 11.6 Å².